The van der Waals surface area contributed by atoms with Crippen LogP contribution in [0.25, 0.3) is 21.8 Å². The highest BCUT2D eigenvalue weighted by molar-refractivity contribution is 5.94. The van der Waals surface area contributed by atoms with Gasteiger partial charge in [-0.1, -0.05) is 24.3 Å². The standard InChI is InChI=1S/C24H25N3O6/c1-2-32-24(31)26-13-11-25(12-14-26)21(28)16-33-22(29)15-27-19-9-5-3-7-17(19)23(30)18-8-4-6-10-20(18)27/h3-10H,2,11-16H2,1H3. The fraction of sp³-hybridized carbons (Fsp3) is 0.333. The number of ether oxygens (including phenoxy) is 2. The first-order chi connectivity index (χ1) is 16.0. The Labute approximate surface area is 190 Å². The molecule has 33 heavy (non-hydrogen) atoms. The number of para-hydroxylation sites is 2. The van der Waals surface area contributed by atoms with Crippen LogP contribution in [0.5, 0.6) is 0 Å². The Morgan fingerprint density at radius 1 is 0.818 bits per heavy atom. The summed E-state index contributed by atoms with van der Waals surface area (Å²) in [6, 6.07) is 14.2. The maximum Gasteiger partial charge on any atom is 0.409 e. The van der Waals surface area contributed by atoms with Gasteiger partial charge in [-0.3, -0.25) is 14.4 Å². The lowest BCUT2D eigenvalue weighted by Crippen LogP contribution is -2.51. The van der Waals surface area contributed by atoms with Gasteiger partial charge in [0.05, 0.1) is 17.6 Å². The van der Waals surface area contributed by atoms with Gasteiger partial charge in [0, 0.05) is 37.0 Å². The van der Waals surface area contributed by atoms with E-state index >= 15 is 0 Å². The first kappa shape index (κ1) is 22.3. The van der Waals surface area contributed by atoms with Gasteiger partial charge >= 0.3 is 12.1 Å². The number of rotatable bonds is 5. The summed E-state index contributed by atoms with van der Waals surface area (Å²) in [5.41, 5.74) is 1.15. The molecule has 1 aliphatic rings. The molecule has 2 amide bonds. The van der Waals surface area contributed by atoms with Crippen molar-refractivity contribution in [1.29, 1.82) is 0 Å². The van der Waals surface area contributed by atoms with Gasteiger partial charge in [0.25, 0.3) is 5.91 Å². The number of fused-ring (bicyclic) bond motifs is 2. The third kappa shape index (κ3) is 4.67. The fourth-order valence-electron chi connectivity index (χ4n) is 4.01. The molecule has 9 heteroatoms. The van der Waals surface area contributed by atoms with Crippen molar-refractivity contribution < 1.29 is 23.9 Å². The van der Waals surface area contributed by atoms with E-state index in [1.54, 1.807) is 69.8 Å². The predicted molar refractivity (Wildman–Crippen MR) is 122 cm³/mol. The van der Waals surface area contributed by atoms with Crippen LogP contribution in [-0.4, -0.2) is 71.7 Å². The molecule has 1 aromatic heterocycles. The third-order valence-corrected chi connectivity index (χ3v) is 5.68. The minimum absolute atomic E-state index is 0.0945. The monoisotopic (exact) mass is 451 g/mol. The summed E-state index contributed by atoms with van der Waals surface area (Å²) < 4.78 is 12.0. The van der Waals surface area contributed by atoms with Crippen LogP contribution in [0.3, 0.4) is 0 Å². The van der Waals surface area contributed by atoms with Crippen molar-refractivity contribution in [2.24, 2.45) is 0 Å². The zero-order chi connectivity index (χ0) is 23.4. The smallest absolute Gasteiger partial charge is 0.409 e. The summed E-state index contributed by atoms with van der Waals surface area (Å²) >= 11 is 0. The average molecular weight is 451 g/mol. The highest BCUT2D eigenvalue weighted by Gasteiger charge is 2.25. The first-order valence-electron chi connectivity index (χ1n) is 10.8. The quantitative estimate of drug-likeness (QED) is 0.435. The lowest BCUT2D eigenvalue weighted by molar-refractivity contribution is -0.153. The van der Waals surface area contributed by atoms with Gasteiger partial charge in [-0.25, -0.2) is 4.79 Å². The van der Waals surface area contributed by atoms with Gasteiger partial charge in [-0.05, 0) is 31.2 Å². The van der Waals surface area contributed by atoms with Crippen molar-refractivity contribution in [3.63, 3.8) is 0 Å². The normalized spacial score (nSPS) is 13.8. The van der Waals surface area contributed by atoms with Gasteiger partial charge in [-0.15, -0.1) is 0 Å². The van der Waals surface area contributed by atoms with E-state index in [0.717, 1.165) is 0 Å². The molecule has 2 aromatic carbocycles. The SMILES string of the molecule is CCOC(=O)N1CCN(C(=O)COC(=O)Cn2c3ccccc3c(=O)c3ccccc32)CC1. The largest absolute Gasteiger partial charge is 0.454 e. The highest BCUT2D eigenvalue weighted by Crippen LogP contribution is 2.19. The van der Waals surface area contributed by atoms with Gasteiger partial charge < -0.3 is 23.8 Å². The number of benzene rings is 2. The number of carbonyl (C=O) groups excluding carboxylic acids is 3. The first-order valence-corrected chi connectivity index (χ1v) is 10.8. The Balaban J connectivity index is 1.42. The van der Waals surface area contributed by atoms with Crippen LogP contribution in [0, 0.1) is 0 Å². The molecule has 0 aliphatic carbocycles. The molecule has 0 unspecified atom stereocenters. The summed E-state index contributed by atoms with van der Waals surface area (Å²) in [5.74, 6) is -0.894. The van der Waals surface area contributed by atoms with E-state index in [0.29, 0.717) is 54.6 Å². The fourth-order valence-corrected chi connectivity index (χ4v) is 4.01. The van der Waals surface area contributed by atoms with Crippen molar-refractivity contribution in [3.05, 3.63) is 58.8 Å². The van der Waals surface area contributed by atoms with Crippen molar-refractivity contribution in [3.8, 4) is 0 Å². The third-order valence-electron chi connectivity index (χ3n) is 5.68. The molecule has 2 heterocycles. The van der Waals surface area contributed by atoms with Crippen LogP contribution in [0.15, 0.2) is 53.3 Å². The average Bonchev–Trinajstić information content (AvgIpc) is 2.85. The Morgan fingerprint density at radius 2 is 1.36 bits per heavy atom. The van der Waals surface area contributed by atoms with Crippen molar-refractivity contribution in [2.75, 3.05) is 39.4 Å². The highest BCUT2D eigenvalue weighted by atomic mass is 16.6. The van der Waals surface area contributed by atoms with Crippen LogP contribution in [-0.2, 0) is 25.6 Å². The molecule has 3 aromatic rings. The molecule has 1 aliphatic heterocycles. The second-order valence-corrected chi connectivity index (χ2v) is 7.68. The van der Waals surface area contributed by atoms with E-state index in [1.807, 2.05) is 0 Å². The second kappa shape index (κ2) is 9.72. The molecular weight excluding hydrogens is 426 g/mol. The Hall–Kier alpha value is -3.88. The van der Waals surface area contributed by atoms with Crippen LogP contribution < -0.4 is 5.43 Å². The molecule has 0 atom stereocenters. The molecule has 172 valence electrons. The Kier molecular flexibility index (Phi) is 6.58. The minimum Gasteiger partial charge on any atom is -0.454 e. The lowest BCUT2D eigenvalue weighted by Gasteiger charge is -2.33. The van der Waals surface area contributed by atoms with Crippen molar-refractivity contribution in [1.82, 2.24) is 14.4 Å². The van der Waals surface area contributed by atoms with Gasteiger partial charge in [0.2, 0.25) is 0 Å². The van der Waals surface area contributed by atoms with E-state index in [9.17, 15) is 19.2 Å². The number of hydrogen-bond donors (Lipinski definition) is 0. The second-order valence-electron chi connectivity index (χ2n) is 7.68. The number of nitrogens with zero attached hydrogens (tertiary/aromatic N) is 3. The summed E-state index contributed by atoms with van der Waals surface area (Å²) in [4.78, 5) is 52.8. The molecule has 0 saturated carbocycles. The molecule has 0 radical (unpaired) electrons. The molecule has 0 N–H and O–H groups in total. The Bertz CT molecular complexity index is 1200. The van der Waals surface area contributed by atoms with E-state index in [1.165, 1.54) is 0 Å². The molecular formula is C24H25N3O6. The Morgan fingerprint density at radius 3 is 1.94 bits per heavy atom. The molecule has 1 saturated heterocycles. The number of pyridine rings is 1. The number of aromatic nitrogens is 1. The summed E-state index contributed by atoms with van der Waals surface area (Å²) in [6.07, 6.45) is -0.392. The van der Waals surface area contributed by atoms with E-state index in [2.05, 4.69) is 0 Å². The van der Waals surface area contributed by atoms with E-state index < -0.39 is 12.1 Å². The molecule has 4 rings (SSSR count). The molecule has 9 nitrogen and oxygen atoms in total. The minimum atomic E-state index is -0.576. The van der Waals surface area contributed by atoms with E-state index in [4.69, 9.17) is 9.47 Å². The summed E-state index contributed by atoms with van der Waals surface area (Å²) in [5, 5.41) is 1.03. The van der Waals surface area contributed by atoms with Crippen LogP contribution in [0.4, 0.5) is 4.79 Å². The summed E-state index contributed by atoms with van der Waals surface area (Å²) in [6.45, 7) is 2.97. The topological polar surface area (TPSA) is 98.2 Å². The number of amides is 2. The summed E-state index contributed by atoms with van der Waals surface area (Å²) in [7, 11) is 0. The molecule has 1 fully saturated rings. The van der Waals surface area contributed by atoms with Crippen molar-refractivity contribution >= 4 is 39.8 Å². The maximum atomic E-state index is 12.8. The zero-order valence-electron chi connectivity index (χ0n) is 18.4. The number of piperazine rings is 1. The molecule has 0 spiro atoms. The number of carbonyl (C=O) groups is 3. The maximum absolute atomic E-state index is 12.8. The van der Waals surface area contributed by atoms with Gasteiger partial charge in [-0.2, -0.15) is 0 Å². The van der Waals surface area contributed by atoms with Gasteiger partial charge in [0.1, 0.15) is 6.54 Å². The number of hydrogen-bond acceptors (Lipinski definition) is 6. The van der Waals surface area contributed by atoms with Crippen molar-refractivity contribution in [2.45, 2.75) is 13.5 Å². The van der Waals surface area contributed by atoms with Gasteiger partial charge in [0.15, 0.2) is 12.0 Å². The molecule has 0 bridgehead atoms. The number of esters is 1. The van der Waals surface area contributed by atoms with Crippen LogP contribution in [0.1, 0.15) is 6.92 Å². The van der Waals surface area contributed by atoms with Crippen LogP contribution >= 0.6 is 0 Å². The van der Waals surface area contributed by atoms with Crippen LogP contribution in [0.2, 0.25) is 0 Å². The predicted octanol–water partition coefficient (Wildman–Crippen LogP) is 2.00. The lowest BCUT2D eigenvalue weighted by atomic mass is 10.1. The zero-order valence-corrected chi connectivity index (χ0v) is 18.4. The van der Waals surface area contributed by atoms with E-state index in [-0.39, 0.29) is 24.5 Å².